The minimum atomic E-state index is -0.536. The molecule has 0 bridgehead atoms. The number of allylic oxidation sites excluding steroid dienone is 2. The van der Waals surface area contributed by atoms with Crippen LogP contribution in [-0.2, 0) is 25.5 Å². The SMILES string of the molecule is C=CC[C@H](Cc1ccccc1)C(=O)OC[C@@H]1CCCN1C(=O)[C@H](CC=C)CC(=O)N[C@@H](C)CO. The van der Waals surface area contributed by atoms with Gasteiger partial charge in [0, 0.05) is 19.0 Å². The fourth-order valence-electron chi connectivity index (χ4n) is 4.27. The molecule has 1 heterocycles. The highest BCUT2D eigenvalue weighted by Crippen LogP contribution is 2.24. The van der Waals surface area contributed by atoms with Crippen molar-refractivity contribution < 1.29 is 24.2 Å². The summed E-state index contributed by atoms with van der Waals surface area (Å²) in [6.45, 7) is 9.74. The second-order valence-corrected chi connectivity index (χ2v) is 8.95. The average Bonchev–Trinajstić information content (AvgIpc) is 3.30. The number of aliphatic hydroxyl groups excluding tert-OH is 1. The number of hydrogen-bond acceptors (Lipinski definition) is 5. The summed E-state index contributed by atoms with van der Waals surface area (Å²) in [5, 5.41) is 11.8. The number of aliphatic hydroxyl groups is 1. The number of likely N-dealkylation sites (tertiary alicyclic amines) is 1. The van der Waals surface area contributed by atoms with Gasteiger partial charge in [0.15, 0.2) is 0 Å². The van der Waals surface area contributed by atoms with Crippen molar-refractivity contribution in [1.82, 2.24) is 10.2 Å². The molecule has 1 aromatic rings. The molecular weight excluding hydrogens is 432 g/mol. The summed E-state index contributed by atoms with van der Waals surface area (Å²) in [5.41, 5.74) is 1.06. The zero-order valence-electron chi connectivity index (χ0n) is 20.2. The van der Waals surface area contributed by atoms with E-state index in [1.807, 2.05) is 30.3 Å². The van der Waals surface area contributed by atoms with Gasteiger partial charge in [-0.2, -0.15) is 0 Å². The number of rotatable bonds is 14. The van der Waals surface area contributed by atoms with E-state index in [9.17, 15) is 14.4 Å². The molecule has 1 fully saturated rings. The molecule has 0 aliphatic carbocycles. The van der Waals surface area contributed by atoms with Crippen molar-refractivity contribution >= 4 is 17.8 Å². The Hall–Kier alpha value is -2.93. The average molecular weight is 471 g/mol. The zero-order chi connectivity index (χ0) is 24.9. The number of amides is 2. The van der Waals surface area contributed by atoms with Crippen molar-refractivity contribution in [1.29, 1.82) is 0 Å². The molecule has 2 rings (SSSR count). The molecule has 0 unspecified atom stereocenters. The quantitative estimate of drug-likeness (QED) is 0.322. The highest BCUT2D eigenvalue weighted by atomic mass is 16.5. The summed E-state index contributed by atoms with van der Waals surface area (Å²) < 4.78 is 5.67. The van der Waals surface area contributed by atoms with Crippen molar-refractivity contribution in [3.63, 3.8) is 0 Å². The molecule has 1 saturated heterocycles. The fourth-order valence-corrected chi connectivity index (χ4v) is 4.27. The van der Waals surface area contributed by atoms with Crippen molar-refractivity contribution in [3.05, 3.63) is 61.2 Å². The lowest BCUT2D eigenvalue weighted by molar-refractivity contribution is -0.152. The van der Waals surface area contributed by atoms with Crippen LogP contribution >= 0.6 is 0 Å². The Balaban J connectivity index is 1.97. The van der Waals surface area contributed by atoms with Crippen molar-refractivity contribution in [2.75, 3.05) is 19.8 Å². The van der Waals surface area contributed by atoms with E-state index in [1.165, 1.54) is 0 Å². The van der Waals surface area contributed by atoms with E-state index >= 15 is 0 Å². The largest absolute Gasteiger partial charge is 0.463 e. The molecule has 2 amide bonds. The van der Waals surface area contributed by atoms with Gasteiger partial charge in [0.1, 0.15) is 6.61 Å². The van der Waals surface area contributed by atoms with Crippen molar-refractivity contribution in [2.45, 2.75) is 57.5 Å². The van der Waals surface area contributed by atoms with Gasteiger partial charge in [0.05, 0.1) is 24.5 Å². The maximum absolute atomic E-state index is 13.3. The maximum atomic E-state index is 13.3. The minimum absolute atomic E-state index is 0.0245. The van der Waals surface area contributed by atoms with E-state index < -0.39 is 5.92 Å². The minimum Gasteiger partial charge on any atom is -0.463 e. The molecule has 1 aliphatic rings. The molecule has 1 aromatic carbocycles. The lowest BCUT2D eigenvalue weighted by Gasteiger charge is -2.29. The Bertz CT molecular complexity index is 826. The van der Waals surface area contributed by atoms with Gasteiger partial charge in [-0.1, -0.05) is 42.5 Å². The molecule has 186 valence electrons. The molecule has 4 atom stereocenters. The molecule has 0 saturated carbocycles. The number of hydrogen-bond donors (Lipinski definition) is 2. The molecule has 7 nitrogen and oxygen atoms in total. The predicted molar refractivity (Wildman–Crippen MR) is 132 cm³/mol. The van der Waals surface area contributed by atoms with Crippen molar-refractivity contribution in [3.8, 4) is 0 Å². The number of carbonyl (C=O) groups excluding carboxylic acids is 3. The molecule has 0 spiro atoms. The van der Waals surface area contributed by atoms with E-state index in [-0.39, 0.29) is 55.4 Å². The molecule has 7 heteroatoms. The van der Waals surface area contributed by atoms with Gasteiger partial charge in [-0.3, -0.25) is 14.4 Å². The van der Waals surface area contributed by atoms with E-state index in [0.717, 1.165) is 18.4 Å². The third-order valence-corrected chi connectivity index (χ3v) is 6.10. The third-order valence-electron chi connectivity index (χ3n) is 6.10. The van der Waals surface area contributed by atoms with Crippen LogP contribution in [-0.4, -0.2) is 59.6 Å². The Kier molecular flexibility index (Phi) is 11.5. The first kappa shape index (κ1) is 27.3. The highest BCUT2D eigenvalue weighted by molar-refractivity contribution is 5.86. The predicted octanol–water partition coefficient (Wildman–Crippen LogP) is 3.04. The van der Waals surface area contributed by atoms with Gasteiger partial charge in [0.25, 0.3) is 0 Å². The smallest absolute Gasteiger partial charge is 0.309 e. The number of ether oxygens (including phenoxy) is 1. The lowest BCUT2D eigenvalue weighted by Crippen LogP contribution is -2.44. The molecule has 1 aliphatic heterocycles. The Morgan fingerprint density at radius 3 is 2.50 bits per heavy atom. The summed E-state index contributed by atoms with van der Waals surface area (Å²) in [5.74, 6) is -1.56. The number of carbonyl (C=O) groups is 3. The first-order valence-corrected chi connectivity index (χ1v) is 12.0. The first-order chi connectivity index (χ1) is 16.4. The summed E-state index contributed by atoms with van der Waals surface area (Å²) in [4.78, 5) is 40.1. The standard InChI is InChI=1S/C27H38N2O5/c1-4-10-22(17-25(31)28-20(3)18-30)26(32)29-15-9-14-24(29)19-34-27(33)23(11-5-2)16-21-12-7-6-8-13-21/h4-8,12-13,20,22-24,30H,1-2,9-11,14-19H2,3H3,(H,28,31)/t20-,22+,23+,24-/m0/s1. The van der Waals surface area contributed by atoms with Crippen LogP contribution in [0.3, 0.4) is 0 Å². The Morgan fingerprint density at radius 1 is 1.18 bits per heavy atom. The molecule has 0 aromatic heterocycles. The van der Waals surface area contributed by atoms with Gasteiger partial charge < -0.3 is 20.1 Å². The van der Waals surface area contributed by atoms with Gasteiger partial charge in [-0.15, -0.1) is 13.2 Å². The molecule has 0 radical (unpaired) electrons. The van der Waals surface area contributed by atoms with Crippen molar-refractivity contribution in [2.24, 2.45) is 11.8 Å². The second kappa shape index (κ2) is 14.4. The van der Waals surface area contributed by atoms with Crippen LogP contribution in [0, 0.1) is 11.8 Å². The summed E-state index contributed by atoms with van der Waals surface area (Å²) in [6, 6.07) is 9.22. The molecule has 34 heavy (non-hydrogen) atoms. The fraction of sp³-hybridized carbons (Fsp3) is 0.519. The van der Waals surface area contributed by atoms with E-state index in [2.05, 4.69) is 18.5 Å². The van der Waals surface area contributed by atoms with Crippen LogP contribution in [0.2, 0.25) is 0 Å². The van der Waals surface area contributed by atoms with Crippen LogP contribution in [0.1, 0.15) is 44.6 Å². The monoisotopic (exact) mass is 470 g/mol. The number of nitrogens with zero attached hydrogens (tertiary/aromatic N) is 1. The summed E-state index contributed by atoms with van der Waals surface area (Å²) >= 11 is 0. The van der Waals surface area contributed by atoms with Gasteiger partial charge >= 0.3 is 5.97 Å². The van der Waals surface area contributed by atoms with Crippen LogP contribution in [0.15, 0.2) is 55.6 Å². The second-order valence-electron chi connectivity index (χ2n) is 8.95. The number of benzene rings is 1. The lowest BCUT2D eigenvalue weighted by atomic mass is 9.96. The van der Waals surface area contributed by atoms with Crippen LogP contribution < -0.4 is 5.32 Å². The van der Waals surface area contributed by atoms with Gasteiger partial charge in [-0.05, 0) is 44.6 Å². The van der Waals surface area contributed by atoms with Crippen LogP contribution in [0.25, 0.3) is 0 Å². The summed E-state index contributed by atoms with van der Waals surface area (Å²) in [7, 11) is 0. The van der Waals surface area contributed by atoms with Crippen LogP contribution in [0.4, 0.5) is 0 Å². The first-order valence-electron chi connectivity index (χ1n) is 12.0. The van der Waals surface area contributed by atoms with Gasteiger partial charge in [-0.25, -0.2) is 0 Å². The van der Waals surface area contributed by atoms with E-state index in [0.29, 0.717) is 25.8 Å². The molecule has 2 N–H and O–H groups in total. The number of nitrogens with one attached hydrogen (secondary N) is 1. The Labute approximate surface area is 202 Å². The Morgan fingerprint density at radius 2 is 1.85 bits per heavy atom. The maximum Gasteiger partial charge on any atom is 0.309 e. The highest BCUT2D eigenvalue weighted by Gasteiger charge is 2.34. The van der Waals surface area contributed by atoms with Crippen LogP contribution in [0.5, 0.6) is 0 Å². The topological polar surface area (TPSA) is 95.9 Å². The van der Waals surface area contributed by atoms with E-state index in [4.69, 9.17) is 9.84 Å². The number of esters is 1. The molecular formula is C27H38N2O5. The van der Waals surface area contributed by atoms with Gasteiger partial charge in [0.2, 0.25) is 11.8 Å². The zero-order valence-corrected chi connectivity index (χ0v) is 20.2. The van der Waals surface area contributed by atoms with E-state index in [1.54, 1.807) is 24.0 Å². The summed E-state index contributed by atoms with van der Waals surface area (Å²) in [6.07, 6.45) is 6.42. The third kappa shape index (κ3) is 8.45. The normalized spacial score (nSPS) is 17.9.